The van der Waals surface area contributed by atoms with Gasteiger partial charge in [0.05, 0.1) is 12.5 Å². The third kappa shape index (κ3) is 11.5. The maximum absolute atomic E-state index is 13.2. The first-order chi connectivity index (χ1) is 22.6. The largest absolute Gasteiger partial charge is 0.463 e. The van der Waals surface area contributed by atoms with Crippen molar-refractivity contribution in [3.63, 3.8) is 0 Å². The molecule has 0 N–H and O–H groups in total. The van der Waals surface area contributed by atoms with Crippen LogP contribution in [0, 0.1) is 53.3 Å². The number of esters is 1. The first-order valence-corrected chi connectivity index (χ1v) is 21.1. The number of rotatable bonds is 16. The fourth-order valence-corrected chi connectivity index (χ4v) is 10.9. The van der Waals surface area contributed by atoms with E-state index < -0.39 is 0 Å². The minimum absolute atomic E-state index is 0.0304. The smallest absolute Gasteiger partial charge is 0.309 e. The van der Waals surface area contributed by atoms with E-state index in [9.17, 15) is 4.79 Å². The summed E-state index contributed by atoms with van der Waals surface area (Å²) in [5.41, 5.74) is 0. The van der Waals surface area contributed by atoms with Crippen LogP contribution in [0.4, 0.5) is 0 Å². The first kappa shape index (κ1) is 36.7. The highest BCUT2D eigenvalue weighted by atomic mass is 17.2. The molecule has 5 saturated carbocycles. The van der Waals surface area contributed by atoms with Crippen molar-refractivity contribution in [2.75, 3.05) is 13.2 Å². The van der Waals surface area contributed by atoms with E-state index in [0.717, 1.165) is 48.3 Å². The summed E-state index contributed by atoms with van der Waals surface area (Å²) in [6.45, 7) is 5.73. The van der Waals surface area contributed by atoms with Crippen LogP contribution in [0.3, 0.4) is 0 Å². The van der Waals surface area contributed by atoms with Crippen LogP contribution >= 0.6 is 0 Å². The normalized spacial score (nSPS) is 35.4. The van der Waals surface area contributed by atoms with Crippen LogP contribution in [-0.2, 0) is 19.3 Å². The predicted molar refractivity (Wildman–Crippen MR) is 189 cm³/mol. The third-order valence-electron chi connectivity index (χ3n) is 14.1. The summed E-state index contributed by atoms with van der Waals surface area (Å²) >= 11 is 0. The molecule has 0 radical (unpaired) electrons. The molecule has 0 aromatic carbocycles. The SMILES string of the molecule is CCCCCC1CCC(C2CCC(COOC(COC(=O)C3CCC(C4CCC(CCC)CC4)CC3)C3CCCCC3)CC2)CC1. The molecule has 46 heavy (non-hydrogen) atoms. The maximum Gasteiger partial charge on any atom is 0.309 e. The molecule has 1 atom stereocenters. The minimum atomic E-state index is -0.109. The van der Waals surface area contributed by atoms with Crippen molar-refractivity contribution in [1.82, 2.24) is 0 Å². The van der Waals surface area contributed by atoms with Gasteiger partial charge in [0.15, 0.2) is 0 Å². The first-order valence-electron chi connectivity index (χ1n) is 21.1. The fourth-order valence-electron chi connectivity index (χ4n) is 10.9. The van der Waals surface area contributed by atoms with E-state index in [1.165, 1.54) is 161 Å². The Bertz CT molecular complexity index is 806. The van der Waals surface area contributed by atoms with Crippen LogP contribution in [0.15, 0.2) is 0 Å². The summed E-state index contributed by atoms with van der Waals surface area (Å²) < 4.78 is 6.03. The van der Waals surface area contributed by atoms with Gasteiger partial charge in [-0.1, -0.05) is 97.3 Å². The lowest BCUT2D eigenvalue weighted by molar-refractivity contribution is -0.346. The van der Waals surface area contributed by atoms with Gasteiger partial charge in [-0.3, -0.25) is 4.79 Å². The van der Waals surface area contributed by atoms with Gasteiger partial charge < -0.3 is 4.74 Å². The maximum atomic E-state index is 13.2. The molecule has 266 valence electrons. The second-order valence-electron chi connectivity index (χ2n) is 17.2. The Hall–Kier alpha value is -0.610. The molecular weight excluding hydrogens is 568 g/mol. The van der Waals surface area contributed by atoms with Crippen LogP contribution in [0.5, 0.6) is 0 Å². The third-order valence-corrected chi connectivity index (χ3v) is 14.1. The van der Waals surface area contributed by atoms with Crippen LogP contribution < -0.4 is 0 Å². The lowest BCUT2D eigenvalue weighted by atomic mass is 9.69. The summed E-state index contributed by atoms with van der Waals surface area (Å²) in [7, 11) is 0. The molecule has 0 spiro atoms. The number of hydrogen-bond donors (Lipinski definition) is 0. The van der Waals surface area contributed by atoms with Gasteiger partial charge >= 0.3 is 5.97 Å². The van der Waals surface area contributed by atoms with Gasteiger partial charge in [0.1, 0.15) is 12.7 Å². The highest BCUT2D eigenvalue weighted by molar-refractivity contribution is 5.72. The van der Waals surface area contributed by atoms with E-state index in [1.54, 1.807) is 0 Å². The molecular formula is C42H74O4. The van der Waals surface area contributed by atoms with Gasteiger partial charge in [0, 0.05) is 0 Å². The van der Waals surface area contributed by atoms with Crippen molar-refractivity contribution in [3.05, 3.63) is 0 Å². The number of ether oxygens (including phenoxy) is 1. The van der Waals surface area contributed by atoms with E-state index >= 15 is 0 Å². The molecule has 5 aliphatic rings. The van der Waals surface area contributed by atoms with Crippen molar-refractivity contribution < 1.29 is 19.3 Å². The van der Waals surface area contributed by atoms with Crippen molar-refractivity contribution in [3.8, 4) is 0 Å². The molecule has 0 saturated heterocycles. The highest BCUT2D eigenvalue weighted by Gasteiger charge is 2.35. The summed E-state index contributed by atoms with van der Waals surface area (Å²) in [5, 5.41) is 0. The Morgan fingerprint density at radius 1 is 0.565 bits per heavy atom. The molecule has 0 aromatic heterocycles. The summed E-state index contributed by atoms with van der Waals surface area (Å²) in [5.74, 6) is 6.85. The highest BCUT2D eigenvalue weighted by Crippen LogP contribution is 2.44. The molecule has 0 aliphatic heterocycles. The monoisotopic (exact) mass is 643 g/mol. The summed E-state index contributed by atoms with van der Waals surface area (Å²) in [6, 6.07) is 0. The van der Waals surface area contributed by atoms with Crippen molar-refractivity contribution in [2.45, 2.75) is 193 Å². The lowest BCUT2D eigenvalue weighted by Crippen LogP contribution is -2.35. The second kappa shape index (κ2) is 20.2. The Balaban J connectivity index is 0.974. The topological polar surface area (TPSA) is 44.8 Å². The Kier molecular flexibility index (Phi) is 16.1. The van der Waals surface area contributed by atoms with E-state index in [0.29, 0.717) is 25.0 Å². The molecule has 0 bridgehead atoms. The lowest BCUT2D eigenvalue weighted by Gasteiger charge is -2.38. The van der Waals surface area contributed by atoms with Gasteiger partial charge in [-0.15, -0.1) is 0 Å². The average molecular weight is 643 g/mol. The average Bonchev–Trinajstić information content (AvgIpc) is 3.11. The van der Waals surface area contributed by atoms with Crippen molar-refractivity contribution >= 4 is 5.97 Å². The Morgan fingerprint density at radius 3 is 1.63 bits per heavy atom. The molecule has 5 fully saturated rings. The zero-order valence-corrected chi connectivity index (χ0v) is 30.4. The van der Waals surface area contributed by atoms with E-state index in [4.69, 9.17) is 14.5 Å². The molecule has 1 unspecified atom stereocenters. The minimum Gasteiger partial charge on any atom is -0.463 e. The van der Waals surface area contributed by atoms with Gasteiger partial charge in [0.25, 0.3) is 0 Å². The van der Waals surface area contributed by atoms with E-state index in [1.807, 2.05) is 0 Å². The standard InChI is InChI=1S/C42H74O4/c1-3-5-7-11-33-16-22-35(23-17-33)37-24-18-34(19-25-37)30-45-46-41(39-12-8-6-9-13-39)31-44-42(43)40-28-26-38(27-29-40)36-20-14-32(10-4-2)15-21-36/h32-41H,3-31H2,1-2H3. The quantitative estimate of drug-likeness (QED) is 0.0727. The molecule has 0 heterocycles. The van der Waals surface area contributed by atoms with Crippen molar-refractivity contribution in [1.29, 1.82) is 0 Å². The van der Waals surface area contributed by atoms with Gasteiger partial charge in [-0.05, 0) is 137 Å². The predicted octanol–water partition coefficient (Wildman–Crippen LogP) is 12.0. The van der Waals surface area contributed by atoms with Crippen LogP contribution in [0.25, 0.3) is 0 Å². The van der Waals surface area contributed by atoms with Crippen LogP contribution in [0.1, 0.15) is 187 Å². The number of unbranched alkanes of at least 4 members (excludes halogenated alkanes) is 2. The van der Waals surface area contributed by atoms with Crippen molar-refractivity contribution in [2.24, 2.45) is 53.3 Å². The van der Waals surface area contributed by atoms with Gasteiger partial charge in [-0.2, -0.15) is 0 Å². The molecule has 0 aromatic rings. The number of hydrogen-bond acceptors (Lipinski definition) is 4. The fraction of sp³-hybridized carbons (Fsp3) is 0.976. The van der Waals surface area contributed by atoms with Crippen LogP contribution in [0.2, 0.25) is 0 Å². The summed E-state index contributed by atoms with van der Waals surface area (Å²) in [4.78, 5) is 25.4. The van der Waals surface area contributed by atoms with E-state index in [-0.39, 0.29) is 18.0 Å². The Morgan fingerprint density at radius 2 is 1.09 bits per heavy atom. The van der Waals surface area contributed by atoms with Gasteiger partial charge in [-0.25, -0.2) is 9.78 Å². The zero-order chi connectivity index (χ0) is 32.0. The van der Waals surface area contributed by atoms with Gasteiger partial charge in [0.2, 0.25) is 0 Å². The van der Waals surface area contributed by atoms with Crippen LogP contribution in [-0.4, -0.2) is 25.3 Å². The summed E-state index contributed by atoms with van der Waals surface area (Å²) in [6.07, 6.45) is 36.0. The molecule has 4 nitrogen and oxygen atoms in total. The number of carbonyl (C=O) groups excluding carboxylic acids is 1. The second-order valence-corrected chi connectivity index (χ2v) is 17.2. The van der Waals surface area contributed by atoms with E-state index in [2.05, 4.69) is 13.8 Å². The number of carbonyl (C=O) groups is 1. The molecule has 0 amide bonds. The zero-order valence-electron chi connectivity index (χ0n) is 30.4. The molecule has 5 rings (SSSR count). The molecule has 4 heteroatoms. The Labute approximate surface area is 284 Å². The molecule has 5 aliphatic carbocycles.